The van der Waals surface area contributed by atoms with Crippen LogP contribution in [0.2, 0.25) is 0 Å². The molecule has 1 N–H and O–H groups in total. The predicted molar refractivity (Wildman–Crippen MR) is 90.6 cm³/mol. The van der Waals surface area contributed by atoms with Crippen LogP contribution in [0.15, 0.2) is 24.3 Å². The summed E-state index contributed by atoms with van der Waals surface area (Å²) < 4.78 is 0. The van der Waals surface area contributed by atoms with Crippen molar-refractivity contribution in [1.82, 2.24) is 4.98 Å². The average molecular weight is 297 g/mol. The van der Waals surface area contributed by atoms with Gasteiger partial charge in [0.15, 0.2) is 6.29 Å². The van der Waals surface area contributed by atoms with Crippen molar-refractivity contribution in [2.75, 3.05) is 0 Å². The predicted octanol–water partition coefficient (Wildman–Crippen LogP) is 5.45. The number of carbonyl (C=O) groups is 1. The maximum atomic E-state index is 11.7. The third-order valence-corrected chi connectivity index (χ3v) is 4.92. The molecule has 0 saturated carbocycles. The molecule has 0 fully saturated rings. The molecule has 0 atom stereocenters. The van der Waals surface area contributed by atoms with Gasteiger partial charge < -0.3 is 4.98 Å². The van der Waals surface area contributed by atoms with E-state index < -0.39 is 0 Å². The molecule has 3 heteroatoms. The number of aldehydes is 1. The van der Waals surface area contributed by atoms with Gasteiger partial charge in [0, 0.05) is 26.3 Å². The third-order valence-electron chi connectivity index (χ3n) is 3.96. The summed E-state index contributed by atoms with van der Waals surface area (Å²) in [5, 5.41) is 1.02. The van der Waals surface area contributed by atoms with E-state index in [1.165, 1.54) is 15.3 Å². The van der Waals surface area contributed by atoms with E-state index in [-0.39, 0.29) is 0 Å². The van der Waals surface area contributed by atoms with Gasteiger partial charge in [0.1, 0.15) is 0 Å². The molecule has 108 valence electrons. The third kappa shape index (κ3) is 2.22. The second kappa shape index (κ2) is 5.15. The van der Waals surface area contributed by atoms with E-state index in [4.69, 9.17) is 0 Å². The van der Waals surface area contributed by atoms with Crippen molar-refractivity contribution in [2.24, 2.45) is 0 Å². The van der Waals surface area contributed by atoms with Gasteiger partial charge in [-0.25, -0.2) is 0 Å². The normalized spacial score (nSPS) is 11.5. The molecular formula is C18H19NOS. The van der Waals surface area contributed by atoms with E-state index in [2.05, 4.69) is 44.8 Å². The highest BCUT2D eigenvalue weighted by Gasteiger charge is 2.18. The number of hydrogen-bond donors (Lipinski definition) is 1. The van der Waals surface area contributed by atoms with Gasteiger partial charge in [0.2, 0.25) is 0 Å². The number of nitrogens with one attached hydrogen (secondary N) is 1. The SMILES string of the molecule is Cc1cc(-c2[nH]c3c(C(C)C)cccc3c2C=O)c(C)s1. The fourth-order valence-corrected chi connectivity index (χ4v) is 3.89. The number of para-hydroxylation sites is 1. The van der Waals surface area contributed by atoms with Crippen molar-refractivity contribution in [3.8, 4) is 11.3 Å². The first-order chi connectivity index (χ1) is 10.0. The summed E-state index contributed by atoms with van der Waals surface area (Å²) in [6.07, 6.45) is 0.977. The molecule has 0 aliphatic heterocycles. The van der Waals surface area contributed by atoms with E-state index in [0.29, 0.717) is 5.92 Å². The zero-order chi connectivity index (χ0) is 15.1. The van der Waals surface area contributed by atoms with Crippen LogP contribution < -0.4 is 0 Å². The zero-order valence-corrected chi connectivity index (χ0v) is 13.6. The Morgan fingerprint density at radius 3 is 2.57 bits per heavy atom. The lowest BCUT2D eigenvalue weighted by molar-refractivity contribution is 0.112. The van der Waals surface area contributed by atoms with Crippen LogP contribution in [0.25, 0.3) is 22.2 Å². The van der Waals surface area contributed by atoms with Crippen LogP contribution in [0.3, 0.4) is 0 Å². The average Bonchev–Trinajstić information content (AvgIpc) is 2.97. The van der Waals surface area contributed by atoms with Gasteiger partial charge in [-0.15, -0.1) is 11.3 Å². The van der Waals surface area contributed by atoms with Gasteiger partial charge in [0.25, 0.3) is 0 Å². The number of aromatic amines is 1. The molecule has 2 nitrogen and oxygen atoms in total. The van der Waals surface area contributed by atoms with E-state index in [1.807, 2.05) is 12.1 Å². The van der Waals surface area contributed by atoms with Gasteiger partial charge in [-0.3, -0.25) is 4.79 Å². The maximum Gasteiger partial charge on any atom is 0.152 e. The fourth-order valence-electron chi connectivity index (χ4n) is 2.96. The minimum Gasteiger partial charge on any atom is -0.354 e. The molecule has 1 aromatic carbocycles. The van der Waals surface area contributed by atoms with Crippen LogP contribution in [0, 0.1) is 13.8 Å². The Kier molecular flexibility index (Phi) is 3.46. The van der Waals surface area contributed by atoms with Crippen molar-refractivity contribution in [3.05, 3.63) is 45.1 Å². The first-order valence-electron chi connectivity index (χ1n) is 7.20. The minimum atomic E-state index is 0.421. The van der Waals surface area contributed by atoms with E-state index in [0.717, 1.165) is 34.0 Å². The Labute approximate surface area is 128 Å². The summed E-state index contributed by atoms with van der Waals surface area (Å²) in [5.41, 5.74) is 5.22. The minimum absolute atomic E-state index is 0.421. The van der Waals surface area contributed by atoms with Crippen LogP contribution in [0.4, 0.5) is 0 Å². The van der Waals surface area contributed by atoms with Gasteiger partial charge in [0.05, 0.1) is 11.2 Å². The Morgan fingerprint density at radius 2 is 2.00 bits per heavy atom. The quantitative estimate of drug-likeness (QED) is 0.641. The molecule has 0 amide bonds. The standard InChI is InChI=1S/C18H19NOS/c1-10(2)13-6-5-7-14-16(9-20)18(19-17(13)14)15-8-11(3)21-12(15)4/h5-10,19H,1-4H3. The summed E-state index contributed by atoms with van der Waals surface area (Å²) >= 11 is 1.77. The molecule has 0 radical (unpaired) electrons. The van der Waals surface area contributed by atoms with Crippen LogP contribution in [-0.4, -0.2) is 11.3 Å². The lowest BCUT2D eigenvalue weighted by Gasteiger charge is -2.06. The lowest BCUT2D eigenvalue weighted by atomic mass is 9.99. The van der Waals surface area contributed by atoms with Crippen LogP contribution >= 0.6 is 11.3 Å². The summed E-state index contributed by atoms with van der Waals surface area (Å²) in [6, 6.07) is 8.36. The zero-order valence-electron chi connectivity index (χ0n) is 12.8. The number of H-pyrrole nitrogens is 1. The Bertz CT molecular complexity index is 823. The van der Waals surface area contributed by atoms with Gasteiger partial charge >= 0.3 is 0 Å². The van der Waals surface area contributed by atoms with E-state index in [1.54, 1.807) is 11.3 Å². The topological polar surface area (TPSA) is 32.9 Å². The van der Waals surface area contributed by atoms with Gasteiger partial charge in [-0.05, 0) is 31.4 Å². The molecule has 0 saturated heterocycles. The summed E-state index contributed by atoms with van der Waals surface area (Å²) in [6.45, 7) is 8.56. The summed E-state index contributed by atoms with van der Waals surface area (Å²) in [7, 11) is 0. The number of hydrogen-bond acceptors (Lipinski definition) is 2. The largest absolute Gasteiger partial charge is 0.354 e. The van der Waals surface area contributed by atoms with Crippen molar-refractivity contribution < 1.29 is 4.79 Å². The molecule has 2 aromatic heterocycles. The Hall–Kier alpha value is -1.87. The summed E-state index contributed by atoms with van der Waals surface area (Å²) in [5.74, 6) is 0.421. The van der Waals surface area contributed by atoms with Crippen LogP contribution in [0.5, 0.6) is 0 Å². The van der Waals surface area contributed by atoms with Gasteiger partial charge in [-0.1, -0.05) is 32.0 Å². The lowest BCUT2D eigenvalue weighted by Crippen LogP contribution is -1.88. The number of aromatic nitrogens is 1. The molecular weight excluding hydrogens is 278 g/mol. The highest BCUT2D eigenvalue weighted by molar-refractivity contribution is 7.12. The molecule has 2 heterocycles. The molecule has 0 bridgehead atoms. The van der Waals surface area contributed by atoms with Crippen LogP contribution in [-0.2, 0) is 0 Å². The number of fused-ring (bicyclic) bond motifs is 1. The van der Waals surface area contributed by atoms with Crippen LogP contribution in [0.1, 0.15) is 45.4 Å². The van der Waals surface area contributed by atoms with E-state index in [9.17, 15) is 4.79 Å². The van der Waals surface area contributed by atoms with Crippen molar-refractivity contribution in [1.29, 1.82) is 0 Å². The highest BCUT2D eigenvalue weighted by atomic mass is 32.1. The smallest absolute Gasteiger partial charge is 0.152 e. The second-order valence-corrected chi connectivity index (χ2v) is 7.24. The number of benzene rings is 1. The summed E-state index contributed by atoms with van der Waals surface area (Å²) in [4.78, 5) is 17.7. The Morgan fingerprint density at radius 1 is 1.24 bits per heavy atom. The van der Waals surface area contributed by atoms with E-state index >= 15 is 0 Å². The molecule has 21 heavy (non-hydrogen) atoms. The molecule has 3 aromatic rings. The monoisotopic (exact) mass is 297 g/mol. The maximum absolute atomic E-state index is 11.7. The van der Waals surface area contributed by atoms with Crippen molar-refractivity contribution >= 4 is 28.5 Å². The van der Waals surface area contributed by atoms with Crippen molar-refractivity contribution in [3.63, 3.8) is 0 Å². The number of aryl methyl sites for hydroxylation is 2. The van der Waals surface area contributed by atoms with Crippen molar-refractivity contribution in [2.45, 2.75) is 33.6 Å². The molecule has 0 unspecified atom stereocenters. The number of rotatable bonds is 3. The molecule has 3 rings (SSSR count). The first kappa shape index (κ1) is 14.1. The number of thiophene rings is 1. The molecule has 0 spiro atoms. The Balaban J connectivity index is 2.36. The molecule has 0 aliphatic carbocycles. The number of carbonyl (C=O) groups excluding carboxylic acids is 1. The molecule has 0 aliphatic rings. The fraction of sp³-hybridized carbons (Fsp3) is 0.278. The highest BCUT2D eigenvalue weighted by Crippen LogP contribution is 2.37. The second-order valence-electron chi connectivity index (χ2n) is 5.78. The first-order valence-corrected chi connectivity index (χ1v) is 8.01. The van der Waals surface area contributed by atoms with Gasteiger partial charge in [-0.2, -0.15) is 0 Å².